The number of nitrogens with zero attached hydrogens (tertiary/aromatic N) is 1. The number of methoxy groups -OCH3 is 1. The van der Waals surface area contributed by atoms with E-state index >= 15 is 0 Å². The highest BCUT2D eigenvalue weighted by Crippen LogP contribution is 2.28. The van der Waals surface area contributed by atoms with E-state index in [2.05, 4.69) is 4.72 Å². The number of carbonyl (C=O) groups is 1. The van der Waals surface area contributed by atoms with E-state index in [1.54, 1.807) is 4.90 Å². The van der Waals surface area contributed by atoms with Crippen molar-refractivity contribution in [3.05, 3.63) is 0 Å². The molecule has 122 valence electrons. The molecule has 0 aromatic heterocycles. The van der Waals surface area contributed by atoms with E-state index in [1.165, 1.54) is 7.11 Å². The van der Waals surface area contributed by atoms with Gasteiger partial charge in [-0.05, 0) is 25.7 Å². The molecule has 1 heterocycles. The van der Waals surface area contributed by atoms with Crippen LogP contribution in [0, 0.1) is 5.92 Å². The topological polar surface area (TPSA) is 75.7 Å². The average Bonchev–Trinajstić information content (AvgIpc) is 3.01. The zero-order valence-corrected chi connectivity index (χ0v) is 13.5. The molecule has 0 aromatic rings. The van der Waals surface area contributed by atoms with E-state index in [4.69, 9.17) is 4.74 Å². The number of rotatable bonds is 6. The zero-order valence-electron chi connectivity index (χ0n) is 12.7. The Balaban J connectivity index is 1.91. The second kappa shape index (κ2) is 7.56. The molecule has 1 aliphatic carbocycles. The molecule has 1 atom stereocenters. The Hall–Kier alpha value is -0.660. The van der Waals surface area contributed by atoms with Crippen LogP contribution in [-0.2, 0) is 19.6 Å². The number of ether oxygens (including phenoxy) is 1. The summed E-state index contributed by atoms with van der Waals surface area (Å²) >= 11 is 0. The highest BCUT2D eigenvalue weighted by Gasteiger charge is 2.35. The Morgan fingerprint density at radius 3 is 2.62 bits per heavy atom. The van der Waals surface area contributed by atoms with Crippen LogP contribution in [0.15, 0.2) is 0 Å². The average molecular weight is 318 g/mol. The van der Waals surface area contributed by atoms with E-state index in [1.807, 2.05) is 0 Å². The number of likely N-dealkylation sites (tertiary alicyclic amines) is 1. The Kier molecular flexibility index (Phi) is 6.01. The number of amides is 1. The Morgan fingerprint density at radius 1 is 1.24 bits per heavy atom. The minimum atomic E-state index is -3.37. The molecule has 21 heavy (non-hydrogen) atoms. The van der Waals surface area contributed by atoms with Crippen molar-refractivity contribution in [1.29, 1.82) is 0 Å². The molecule has 0 aromatic carbocycles. The SMILES string of the molecule is COCCNS(=O)(=O)[C@@H]1CCCN(C(=O)C2CCCC2)C1. The summed E-state index contributed by atoms with van der Waals surface area (Å²) in [6, 6.07) is 0. The van der Waals surface area contributed by atoms with E-state index in [0.717, 1.165) is 32.1 Å². The van der Waals surface area contributed by atoms with Gasteiger partial charge in [-0.25, -0.2) is 13.1 Å². The zero-order chi connectivity index (χ0) is 15.3. The summed E-state index contributed by atoms with van der Waals surface area (Å²) in [4.78, 5) is 14.2. The first-order valence-electron chi connectivity index (χ1n) is 7.81. The first kappa shape index (κ1) is 16.7. The van der Waals surface area contributed by atoms with Crippen LogP contribution in [0.25, 0.3) is 0 Å². The number of carbonyl (C=O) groups excluding carboxylic acids is 1. The van der Waals surface area contributed by atoms with Crippen LogP contribution in [0.5, 0.6) is 0 Å². The maximum atomic E-state index is 12.4. The molecule has 0 spiro atoms. The summed E-state index contributed by atoms with van der Waals surface area (Å²) in [6.07, 6.45) is 5.53. The van der Waals surface area contributed by atoms with Crippen molar-refractivity contribution in [3.63, 3.8) is 0 Å². The lowest BCUT2D eigenvalue weighted by Crippen LogP contribution is -2.50. The van der Waals surface area contributed by atoms with Crippen LogP contribution >= 0.6 is 0 Å². The molecule has 7 heteroatoms. The van der Waals surface area contributed by atoms with Gasteiger partial charge in [0.25, 0.3) is 0 Å². The van der Waals surface area contributed by atoms with Gasteiger partial charge >= 0.3 is 0 Å². The minimum absolute atomic E-state index is 0.118. The van der Waals surface area contributed by atoms with Gasteiger partial charge in [0.2, 0.25) is 15.9 Å². The van der Waals surface area contributed by atoms with Gasteiger partial charge in [0.1, 0.15) is 0 Å². The van der Waals surface area contributed by atoms with Crippen LogP contribution in [0.3, 0.4) is 0 Å². The first-order valence-corrected chi connectivity index (χ1v) is 9.35. The largest absolute Gasteiger partial charge is 0.383 e. The van der Waals surface area contributed by atoms with E-state index < -0.39 is 15.3 Å². The summed E-state index contributed by atoms with van der Waals surface area (Å²) in [6.45, 7) is 1.67. The van der Waals surface area contributed by atoms with Crippen LogP contribution < -0.4 is 4.72 Å². The van der Waals surface area contributed by atoms with Crippen molar-refractivity contribution in [3.8, 4) is 0 Å². The summed E-state index contributed by atoms with van der Waals surface area (Å²) < 4.78 is 31.9. The minimum Gasteiger partial charge on any atom is -0.383 e. The molecule has 6 nitrogen and oxygen atoms in total. The van der Waals surface area contributed by atoms with Gasteiger partial charge in [0.15, 0.2) is 0 Å². The quantitative estimate of drug-likeness (QED) is 0.733. The fourth-order valence-corrected chi connectivity index (χ4v) is 4.68. The second-order valence-corrected chi connectivity index (χ2v) is 8.01. The van der Waals surface area contributed by atoms with E-state index in [-0.39, 0.29) is 18.4 Å². The van der Waals surface area contributed by atoms with Gasteiger partial charge in [-0.2, -0.15) is 0 Å². The van der Waals surface area contributed by atoms with Crippen LogP contribution in [-0.4, -0.2) is 57.8 Å². The molecule has 1 saturated heterocycles. The lowest BCUT2D eigenvalue weighted by Gasteiger charge is -2.34. The molecule has 1 amide bonds. The first-order chi connectivity index (χ1) is 10.0. The summed E-state index contributed by atoms with van der Waals surface area (Å²) in [5, 5.41) is -0.492. The molecular weight excluding hydrogens is 292 g/mol. The standard InChI is InChI=1S/C14H26N2O4S/c1-20-10-8-15-21(18,19)13-7-4-9-16(11-13)14(17)12-5-2-3-6-12/h12-13,15H,2-11H2,1H3/t13-/m1/s1. The third kappa shape index (κ3) is 4.40. The number of nitrogens with one attached hydrogen (secondary N) is 1. The maximum Gasteiger partial charge on any atom is 0.225 e. The summed E-state index contributed by atoms with van der Waals surface area (Å²) in [5.41, 5.74) is 0. The Morgan fingerprint density at radius 2 is 1.95 bits per heavy atom. The molecule has 1 N–H and O–H groups in total. The van der Waals surface area contributed by atoms with Crippen LogP contribution in [0.1, 0.15) is 38.5 Å². The van der Waals surface area contributed by atoms with Crippen molar-refractivity contribution in [2.45, 2.75) is 43.8 Å². The predicted octanol–water partition coefficient (Wildman–Crippen LogP) is 0.733. The van der Waals surface area contributed by atoms with Crippen molar-refractivity contribution >= 4 is 15.9 Å². The molecule has 2 aliphatic rings. The van der Waals surface area contributed by atoms with E-state index in [0.29, 0.717) is 26.1 Å². The smallest absolute Gasteiger partial charge is 0.225 e. The van der Waals surface area contributed by atoms with Gasteiger partial charge in [-0.3, -0.25) is 4.79 Å². The summed E-state index contributed by atoms with van der Waals surface area (Å²) in [7, 11) is -1.83. The van der Waals surface area contributed by atoms with Gasteiger partial charge in [-0.15, -0.1) is 0 Å². The molecule has 0 radical (unpaired) electrons. The third-order valence-electron chi connectivity index (χ3n) is 4.44. The normalized spacial score (nSPS) is 24.4. The maximum absolute atomic E-state index is 12.4. The highest BCUT2D eigenvalue weighted by molar-refractivity contribution is 7.90. The second-order valence-electron chi connectivity index (χ2n) is 5.96. The van der Waals surface area contributed by atoms with Crippen molar-refractivity contribution in [1.82, 2.24) is 9.62 Å². The van der Waals surface area contributed by atoms with Crippen molar-refractivity contribution < 1.29 is 17.9 Å². The van der Waals surface area contributed by atoms with Gasteiger partial charge in [0, 0.05) is 32.7 Å². The number of sulfonamides is 1. The fourth-order valence-electron chi connectivity index (χ4n) is 3.23. The highest BCUT2D eigenvalue weighted by atomic mass is 32.2. The van der Waals surface area contributed by atoms with Gasteiger partial charge in [-0.1, -0.05) is 12.8 Å². The van der Waals surface area contributed by atoms with Crippen LogP contribution in [0.4, 0.5) is 0 Å². The fraction of sp³-hybridized carbons (Fsp3) is 0.929. The third-order valence-corrected chi connectivity index (χ3v) is 6.31. The molecule has 1 saturated carbocycles. The van der Waals surface area contributed by atoms with Gasteiger partial charge < -0.3 is 9.64 Å². The molecule has 0 bridgehead atoms. The summed E-state index contributed by atoms with van der Waals surface area (Å²) in [5.74, 6) is 0.275. The molecule has 2 fully saturated rings. The lowest BCUT2D eigenvalue weighted by molar-refractivity contribution is -0.136. The van der Waals surface area contributed by atoms with Gasteiger partial charge in [0.05, 0.1) is 11.9 Å². The monoisotopic (exact) mass is 318 g/mol. The molecular formula is C14H26N2O4S. The van der Waals surface area contributed by atoms with Crippen LogP contribution in [0.2, 0.25) is 0 Å². The lowest BCUT2D eigenvalue weighted by atomic mass is 10.0. The predicted molar refractivity (Wildman–Crippen MR) is 80.4 cm³/mol. The Labute approximate surface area is 127 Å². The molecule has 0 unspecified atom stereocenters. The molecule has 1 aliphatic heterocycles. The van der Waals surface area contributed by atoms with Crippen molar-refractivity contribution in [2.75, 3.05) is 33.4 Å². The number of piperidine rings is 1. The number of hydrogen-bond donors (Lipinski definition) is 1. The van der Waals surface area contributed by atoms with Crippen molar-refractivity contribution in [2.24, 2.45) is 5.92 Å². The molecule has 2 rings (SSSR count). The Bertz CT molecular complexity index is 446. The number of hydrogen-bond acceptors (Lipinski definition) is 4. The van der Waals surface area contributed by atoms with E-state index in [9.17, 15) is 13.2 Å².